The second-order valence-corrected chi connectivity index (χ2v) is 5.82. The zero-order chi connectivity index (χ0) is 17.8. The van der Waals surface area contributed by atoms with Crippen molar-refractivity contribution in [2.75, 3.05) is 23.4 Å². The van der Waals surface area contributed by atoms with Gasteiger partial charge in [-0.15, -0.1) is 0 Å². The first-order valence-electron chi connectivity index (χ1n) is 8.03. The highest BCUT2D eigenvalue weighted by Crippen LogP contribution is 2.22. The summed E-state index contributed by atoms with van der Waals surface area (Å²) >= 11 is 0. The van der Waals surface area contributed by atoms with Gasteiger partial charge in [0.25, 0.3) is 5.91 Å². The van der Waals surface area contributed by atoms with Crippen LogP contribution in [0.5, 0.6) is 0 Å². The maximum Gasteiger partial charge on any atom is 0.355 e. The van der Waals surface area contributed by atoms with E-state index in [1.165, 1.54) is 0 Å². The van der Waals surface area contributed by atoms with Crippen molar-refractivity contribution in [1.29, 1.82) is 0 Å². The minimum Gasteiger partial charge on any atom is -0.451 e. The molecule has 0 unspecified atom stereocenters. The summed E-state index contributed by atoms with van der Waals surface area (Å²) in [6, 6.07) is 10.4. The second kappa shape index (κ2) is 7.21. The van der Waals surface area contributed by atoms with E-state index in [-0.39, 0.29) is 12.5 Å². The summed E-state index contributed by atoms with van der Waals surface area (Å²) < 4.78 is 6.62. The summed E-state index contributed by atoms with van der Waals surface area (Å²) in [5.74, 6) is -0.859. The van der Waals surface area contributed by atoms with Gasteiger partial charge in [-0.25, -0.2) is 4.79 Å². The van der Waals surface area contributed by atoms with Gasteiger partial charge in [-0.3, -0.25) is 9.59 Å². The largest absolute Gasteiger partial charge is 0.451 e. The summed E-state index contributed by atoms with van der Waals surface area (Å²) in [5.41, 5.74) is 1.78. The molecule has 130 valence electrons. The highest BCUT2D eigenvalue weighted by atomic mass is 16.5. The molecule has 25 heavy (non-hydrogen) atoms. The molecule has 7 nitrogen and oxygen atoms in total. The number of rotatable bonds is 5. The first kappa shape index (κ1) is 16.8. The van der Waals surface area contributed by atoms with Gasteiger partial charge in [0.2, 0.25) is 5.91 Å². The molecule has 1 fully saturated rings. The predicted molar refractivity (Wildman–Crippen MR) is 92.4 cm³/mol. The molecule has 2 heterocycles. The Morgan fingerprint density at radius 1 is 1.20 bits per heavy atom. The molecule has 1 aliphatic rings. The Morgan fingerprint density at radius 3 is 2.56 bits per heavy atom. The van der Waals surface area contributed by atoms with Gasteiger partial charge in [0.15, 0.2) is 6.61 Å². The number of benzene rings is 1. The highest BCUT2D eigenvalue weighted by Gasteiger charge is 2.21. The number of ether oxygens (including phenoxy) is 1. The molecule has 1 aromatic heterocycles. The summed E-state index contributed by atoms with van der Waals surface area (Å²) in [6.07, 6.45) is 3.16. The van der Waals surface area contributed by atoms with E-state index >= 15 is 0 Å². The van der Waals surface area contributed by atoms with Crippen molar-refractivity contribution in [2.24, 2.45) is 7.05 Å². The smallest absolute Gasteiger partial charge is 0.355 e. The summed E-state index contributed by atoms with van der Waals surface area (Å²) in [4.78, 5) is 37.2. The molecule has 1 N–H and O–H groups in total. The lowest BCUT2D eigenvalue weighted by molar-refractivity contribution is -0.119. The third-order valence-electron chi connectivity index (χ3n) is 4.02. The van der Waals surface area contributed by atoms with Crippen LogP contribution in [-0.4, -0.2) is 35.5 Å². The molecule has 0 bridgehead atoms. The number of carbonyl (C=O) groups excluding carboxylic acids is 3. The summed E-state index contributed by atoms with van der Waals surface area (Å²) in [6.45, 7) is 0.357. The number of nitrogens with one attached hydrogen (secondary N) is 1. The lowest BCUT2D eigenvalue weighted by atomic mass is 10.2. The Balaban J connectivity index is 1.52. The zero-order valence-corrected chi connectivity index (χ0v) is 13.9. The molecule has 0 aliphatic carbocycles. The molecule has 2 amide bonds. The van der Waals surface area contributed by atoms with E-state index in [1.54, 1.807) is 59.1 Å². The molecule has 1 saturated heterocycles. The Kier molecular flexibility index (Phi) is 4.83. The molecular weight excluding hydrogens is 322 g/mol. The molecule has 2 aromatic rings. The van der Waals surface area contributed by atoms with Gasteiger partial charge in [0, 0.05) is 37.6 Å². The van der Waals surface area contributed by atoms with Crippen LogP contribution in [0.4, 0.5) is 11.4 Å². The first-order valence-corrected chi connectivity index (χ1v) is 8.03. The lowest BCUT2D eigenvalue weighted by Gasteiger charge is -2.16. The normalized spacial score (nSPS) is 13.8. The Morgan fingerprint density at radius 2 is 1.96 bits per heavy atom. The number of hydrogen-bond donors (Lipinski definition) is 1. The maximum absolute atomic E-state index is 11.9. The predicted octanol–water partition coefficient (Wildman–Crippen LogP) is 1.95. The lowest BCUT2D eigenvalue weighted by Crippen LogP contribution is -2.24. The van der Waals surface area contributed by atoms with Gasteiger partial charge in [-0.1, -0.05) is 0 Å². The van der Waals surface area contributed by atoms with Gasteiger partial charge in [-0.05, 0) is 42.8 Å². The summed E-state index contributed by atoms with van der Waals surface area (Å²) in [7, 11) is 1.73. The average Bonchev–Trinajstić information content (AvgIpc) is 3.22. The van der Waals surface area contributed by atoms with Gasteiger partial charge < -0.3 is 19.5 Å². The molecule has 0 atom stereocenters. The second-order valence-electron chi connectivity index (χ2n) is 5.82. The maximum atomic E-state index is 11.9. The number of aryl methyl sites for hydroxylation is 1. The van der Waals surface area contributed by atoms with Crippen LogP contribution in [0.15, 0.2) is 42.6 Å². The van der Waals surface area contributed by atoms with Crippen LogP contribution in [-0.2, 0) is 21.4 Å². The quantitative estimate of drug-likeness (QED) is 0.843. The molecular formula is C18H19N3O4. The fraction of sp³-hybridized carbons (Fsp3) is 0.278. The Hall–Kier alpha value is -3.09. The van der Waals surface area contributed by atoms with Crippen molar-refractivity contribution in [1.82, 2.24) is 4.57 Å². The van der Waals surface area contributed by atoms with E-state index in [9.17, 15) is 14.4 Å². The van der Waals surface area contributed by atoms with Gasteiger partial charge in [-0.2, -0.15) is 0 Å². The van der Waals surface area contributed by atoms with Crippen molar-refractivity contribution in [3.8, 4) is 0 Å². The van der Waals surface area contributed by atoms with Crippen molar-refractivity contribution >= 4 is 29.2 Å². The Labute approximate surface area is 145 Å². The third kappa shape index (κ3) is 3.88. The van der Waals surface area contributed by atoms with Crippen molar-refractivity contribution < 1.29 is 19.1 Å². The highest BCUT2D eigenvalue weighted by molar-refractivity contribution is 5.97. The van der Waals surface area contributed by atoms with E-state index < -0.39 is 11.9 Å². The SMILES string of the molecule is Cn1cccc1C(=O)OCC(=O)Nc1ccc(N2CCCC2=O)cc1. The standard InChI is InChI=1S/C18H19N3O4/c1-20-10-2-4-15(20)18(24)25-12-16(22)19-13-6-8-14(9-7-13)21-11-3-5-17(21)23/h2,4,6-10H,3,5,11-12H2,1H3,(H,19,22). The van der Waals surface area contributed by atoms with Crippen LogP contribution >= 0.6 is 0 Å². The van der Waals surface area contributed by atoms with Crippen molar-refractivity contribution in [2.45, 2.75) is 12.8 Å². The topological polar surface area (TPSA) is 80.6 Å². The van der Waals surface area contributed by atoms with Crippen molar-refractivity contribution in [3.05, 3.63) is 48.3 Å². The van der Waals surface area contributed by atoms with Crippen LogP contribution in [0, 0.1) is 0 Å². The minimum absolute atomic E-state index is 0.115. The number of anilines is 2. The average molecular weight is 341 g/mol. The molecule has 3 rings (SSSR count). The number of aromatic nitrogens is 1. The molecule has 1 aliphatic heterocycles. The molecule has 7 heteroatoms. The fourth-order valence-corrected chi connectivity index (χ4v) is 2.72. The van der Waals surface area contributed by atoms with Gasteiger partial charge in [0.1, 0.15) is 5.69 Å². The van der Waals surface area contributed by atoms with Crippen LogP contribution in [0.1, 0.15) is 23.3 Å². The van der Waals surface area contributed by atoms with Crippen LogP contribution in [0.25, 0.3) is 0 Å². The van der Waals surface area contributed by atoms with Gasteiger partial charge in [0.05, 0.1) is 0 Å². The molecule has 1 aromatic carbocycles. The number of esters is 1. The van der Waals surface area contributed by atoms with Gasteiger partial charge >= 0.3 is 5.97 Å². The Bertz CT molecular complexity index is 795. The minimum atomic E-state index is -0.550. The van der Waals surface area contributed by atoms with Crippen LogP contribution in [0.2, 0.25) is 0 Å². The van der Waals surface area contributed by atoms with E-state index in [4.69, 9.17) is 4.74 Å². The van der Waals surface area contributed by atoms with Crippen LogP contribution < -0.4 is 10.2 Å². The molecule has 0 saturated carbocycles. The van der Waals surface area contributed by atoms with E-state index in [0.717, 1.165) is 18.7 Å². The van der Waals surface area contributed by atoms with E-state index in [0.29, 0.717) is 17.8 Å². The monoisotopic (exact) mass is 341 g/mol. The number of nitrogens with zero attached hydrogens (tertiary/aromatic N) is 2. The van der Waals surface area contributed by atoms with E-state index in [2.05, 4.69) is 5.32 Å². The fourth-order valence-electron chi connectivity index (χ4n) is 2.72. The summed E-state index contributed by atoms with van der Waals surface area (Å²) in [5, 5.41) is 2.66. The number of amides is 2. The van der Waals surface area contributed by atoms with Crippen LogP contribution in [0.3, 0.4) is 0 Å². The van der Waals surface area contributed by atoms with Crippen molar-refractivity contribution in [3.63, 3.8) is 0 Å². The first-order chi connectivity index (χ1) is 12.0. The van der Waals surface area contributed by atoms with E-state index in [1.807, 2.05) is 0 Å². The molecule has 0 radical (unpaired) electrons. The molecule has 0 spiro atoms. The third-order valence-corrected chi connectivity index (χ3v) is 4.02. The number of hydrogen-bond acceptors (Lipinski definition) is 4. The number of carbonyl (C=O) groups is 3. The zero-order valence-electron chi connectivity index (χ0n) is 13.9.